The van der Waals surface area contributed by atoms with Crippen LogP contribution in [0.1, 0.15) is 31.6 Å². The summed E-state index contributed by atoms with van der Waals surface area (Å²) < 4.78 is 5.26. The number of aryl methyl sites for hydroxylation is 1. The van der Waals surface area contributed by atoms with Gasteiger partial charge in [-0.1, -0.05) is 24.6 Å². The first kappa shape index (κ1) is 9.98. The standard InChI is InChI=1S/C9H14N2O2S/c1-6-10-11-9(13-6)14-8-5-3-2-4-7(8)12/h7-8,12H,2-5H2,1H3/t7-,8-/m0/s1. The molecule has 4 nitrogen and oxygen atoms in total. The predicted molar refractivity (Wildman–Crippen MR) is 53.2 cm³/mol. The molecular formula is C9H14N2O2S. The van der Waals surface area contributed by atoms with Crippen molar-refractivity contribution in [1.29, 1.82) is 0 Å². The zero-order chi connectivity index (χ0) is 9.97. The molecule has 78 valence electrons. The highest BCUT2D eigenvalue weighted by molar-refractivity contribution is 7.99. The van der Waals surface area contributed by atoms with Gasteiger partial charge in [-0.15, -0.1) is 10.2 Å². The fourth-order valence-corrected chi connectivity index (χ4v) is 2.76. The van der Waals surface area contributed by atoms with Gasteiger partial charge < -0.3 is 9.52 Å². The summed E-state index contributed by atoms with van der Waals surface area (Å²) in [6, 6.07) is 0. The first-order chi connectivity index (χ1) is 6.75. The third kappa shape index (κ3) is 2.27. The van der Waals surface area contributed by atoms with Gasteiger partial charge in [0.15, 0.2) is 0 Å². The molecule has 0 unspecified atom stereocenters. The van der Waals surface area contributed by atoms with E-state index in [9.17, 15) is 5.11 Å². The molecule has 0 saturated heterocycles. The van der Waals surface area contributed by atoms with Crippen molar-refractivity contribution in [2.75, 3.05) is 0 Å². The smallest absolute Gasteiger partial charge is 0.276 e. The van der Waals surface area contributed by atoms with Crippen LogP contribution in [0.15, 0.2) is 9.64 Å². The Hall–Kier alpha value is -0.550. The molecule has 1 saturated carbocycles. The monoisotopic (exact) mass is 214 g/mol. The Bertz CT molecular complexity index is 303. The number of thioether (sulfide) groups is 1. The maximum absolute atomic E-state index is 9.73. The van der Waals surface area contributed by atoms with Crippen LogP contribution in [0.4, 0.5) is 0 Å². The van der Waals surface area contributed by atoms with Crippen LogP contribution in [0.3, 0.4) is 0 Å². The molecule has 0 bridgehead atoms. The van der Waals surface area contributed by atoms with Gasteiger partial charge in [-0.2, -0.15) is 0 Å². The minimum Gasteiger partial charge on any atom is -0.416 e. The van der Waals surface area contributed by atoms with E-state index in [-0.39, 0.29) is 11.4 Å². The summed E-state index contributed by atoms with van der Waals surface area (Å²) in [7, 11) is 0. The lowest BCUT2D eigenvalue weighted by Crippen LogP contribution is -2.26. The maximum atomic E-state index is 9.73. The van der Waals surface area contributed by atoms with Crippen LogP contribution in [-0.4, -0.2) is 26.7 Å². The summed E-state index contributed by atoms with van der Waals surface area (Å²) in [6.45, 7) is 1.77. The van der Waals surface area contributed by atoms with Crippen molar-refractivity contribution >= 4 is 11.8 Å². The summed E-state index contributed by atoms with van der Waals surface area (Å²) in [5.41, 5.74) is 0. The molecule has 1 aromatic heterocycles. The van der Waals surface area contributed by atoms with Crippen molar-refractivity contribution in [3.8, 4) is 0 Å². The van der Waals surface area contributed by atoms with E-state index in [1.54, 1.807) is 6.92 Å². The molecule has 1 fully saturated rings. The number of aliphatic hydroxyl groups excluding tert-OH is 1. The van der Waals surface area contributed by atoms with Crippen molar-refractivity contribution in [3.05, 3.63) is 5.89 Å². The Kier molecular flexibility index (Phi) is 3.08. The van der Waals surface area contributed by atoms with E-state index < -0.39 is 0 Å². The molecule has 2 atom stereocenters. The van der Waals surface area contributed by atoms with E-state index in [1.807, 2.05) is 0 Å². The highest BCUT2D eigenvalue weighted by atomic mass is 32.2. The van der Waals surface area contributed by atoms with Gasteiger partial charge in [-0.25, -0.2) is 0 Å². The molecule has 0 spiro atoms. The molecule has 5 heteroatoms. The van der Waals surface area contributed by atoms with Gasteiger partial charge in [0.25, 0.3) is 5.22 Å². The largest absolute Gasteiger partial charge is 0.416 e. The summed E-state index contributed by atoms with van der Waals surface area (Å²) in [5, 5.41) is 18.2. The minimum atomic E-state index is -0.221. The van der Waals surface area contributed by atoms with Crippen molar-refractivity contribution < 1.29 is 9.52 Å². The second-order valence-electron chi connectivity index (χ2n) is 3.60. The van der Waals surface area contributed by atoms with Gasteiger partial charge >= 0.3 is 0 Å². The molecule has 0 radical (unpaired) electrons. The van der Waals surface area contributed by atoms with E-state index in [4.69, 9.17) is 4.42 Å². The molecule has 1 aliphatic rings. The molecule has 0 amide bonds. The zero-order valence-electron chi connectivity index (χ0n) is 8.14. The lowest BCUT2D eigenvalue weighted by molar-refractivity contribution is 0.136. The molecule has 1 aliphatic carbocycles. The van der Waals surface area contributed by atoms with E-state index in [1.165, 1.54) is 18.2 Å². The quantitative estimate of drug-likeness (QED) is 0.813. The number of aromatic nitrogens is 2. The van der Waals surface area contributed by atoms with Crippen LogP contribution in [0, 0.1) is 6.92 Å². The molecule has 0 aliphatic heterocycles. The molecule has 1 N–H and O–H groups in total. The third-order valence-electron chi connectivity index (χ3n) is 2.43. The Balaban J connectivity index is 1.95. The topological polar surface area (TPSA) is 59.2 Å². The van der Waals surface area contributed by atoms with Crippen molar-refractivity contribution in [1.82, 2.24) is 10.2 Å². The third-order valence-corrected chi connectivity index (χ3v) is 3.65. The van der Waals surface area contributed by atoms with E-state index >= 15 is 0 Å². The molecular weight excluding hydrogens is 200 g/mol. The van der Waals surface area contributed by atoms with Crippen molar-refractivity contribution in [2.24, 2.45) is 0 Å². The van der Waals surface area contributed by atoms with Gasteiger partial charge in [0.1, 0.15) is 0 Å². The van der Waals surface area contributed by atoms with Gasteiger partial charge in [-0.05, 0) is 12.8 Å². The zero-order valence-corrected chi connectivity index (χ0v) is 8.96. The lowest BCUT2D eigenvalue weighted by atomic mass is 9.97. The predicted octanol–water partition coefficient (Wildman–Crippen LogP) is 1.77. The summed E-state index contributed by atoms with van der Waals surface area (Å²) in [6.07, 6.45) is 4.02. The Morgan fingerprint density at radius 2 is 2.14 bits per heavy atom. The molecule has 1 heterocycles. The van der Waals surface area contributed by atoms with Gasteiger partial charge in [-0.3, -0.25) is 0 Å². The van der Waals surface area contributed by atoms with Crippen LogP contribution in [-0.2, 0) is 0 Å². The summed E-state index contributed by atoms with van der Waals surface area (Å²) in [5.74, 6) is 0.581. The maximum Gasteiger partial charge on any atom is 0.276 e. The molecule has 1 aromatic rings. The number of nitrogens with zero attached hydrogens (tertiary/aromatic N) is 2. The van der Waals surface area contributed by atoms with E-state index in [0.29, 0.717) is 11.1 Å². The summed E-state index contributed by atoms with van der Waals surface area (Å²) in [4.78, 5) is 0. The van der Waals surface area contributed by atoms with Crippen LogP contribution in [0.25, 0.3) is 0 Å². The first-order valence-electron chi connectivity index (χ1n) is 4.90. The van der Waals surface area contributed by atoms with E-state index in [0.717, 1.165) is 19.3 Å². The average Bonchev–Trinajstić information content (AvgIpc) is 2.56. The molecule has 2 rings (SSSR count). The van der Waals surface area contributed by atoms with Crippen molar-refractivity contribution in [2.45, 2.75) is 49.2 Å². The summed E-state index contributed by atoms with van der Waals surface area (Å²) >= 11 is 1.50. The number of aliphatic hydroxyl groups is 1. The normalized spacial score (nSPS) is 27.9. The second-order valence-corrected chi connectivity index (χ2v) is 4.79. The van der Waals surface area contributed by atoms with Gasteiger partial charge in [0.05, 0.1) is 6.10 Å². The Labute approximate surface area is 87.1 Å². The SMILES string of the molecule is Cc1nnc(S[C@H]2CCCC[C@@H]2O)o1. The number of rotatable bonds is 2. The fraction of sp³-hybridized carbons (Fsp3) is 0.778. The average molecular weight is 214 g/mol. The Morgan fingerprint density at radius 3 is 2.79 bits per heavy atom. The van der Waals surface area contributed by atoms with Gasteiger partial charge in [0, 0.05) is 12.2 Å². The Morgan fingerprint density at radius 1 is 1.36 bits per heavy atom. The molecule has 0 aromatic carbocycles. The fourth-order valence-electron chi connectivity index (χ4n) is 1.67. The minimum absolute atomic E-state index is 0.221. The molecule has 14 heavy (non-hydrogen) atoms. The highest BCUT2D eigenvalue weighted by Crippen LogP contribution is 2.32. The number of hydrogen-bond donors (Lipinski definition) is 1. The highest BCUT2D eigenvalue weighted by Gasteiger charge is 2.25. The number of hydrogen-bond acceptors (Lipinski definition) is 5. The van der Waals surface area contributed by atoms with Crippen LogP contribution in [0.2, 0.25) is 0 Å². The first-order valence-corrected chi connectivity index (χ1v) is 5.78. The van der Waals surface area contributed by atoms with Crippen LogP contribution in [0.5, 0.6) is 0 Å². The van der Waals surface area contributed by atoms with Crippen molar-refractivity contribution in [3.63, 3.8) is 0 Å². The van der Waals surface area contributed by atoms with Gasteiger partial charge in [0.2, 0.25) is 5.89 Å². The lowest BCUT2D eigenvalue weighted by Gasteiger charge is -2.25. The van der Waals surface area contributed by atoms with E-state index in [2.05, 4.69) is 10.2 Å². The van der Waals surface area contributed by atoms with Crippen LogP contribution >= 0.6 is 11.8 Å². The van der Waals surface area contributed by atoms with Crippen LogP contribution < -0.4 is 0 Å². The second kappa shape index (κ2) is 4.31.